The Labute approximate surface area is 157 Å². The number of methoxy groups -OCH3 is 1. The van der Waals surface area contributed by atoms with Crippen molar-refractivity contribution in [3.63, 3.8) is 0 Å². The Morgan fingerprint density at radius 3 is 2.64 bits per heavy atom. The highest BCUT2D eigenvalue weighted by atomic mass is 35.5. The molecule has 0 radical (unpaired) electrons. The first-order valence-corrected chi connectivity index (χ1v) is 8.60. The van der Waals surface area contributed by atoms with E-state index in [-0.39, 0.29) is 6.04 Å². The Bertz CT molecular complexity index is 846. The van der Waals surface area contributed by atoms with Crippen LogP contribution in [0, 0.1) is 11.3 Å². The minimum atomic E-state index is -0.659. The minimum Gasteiger partial charge on any atom is -0.495 e. The van der Waals surface area contributed by atoms with E-state index in [1.807, 2.05) is 42.3 Å². The second-order valence-corrected chi connectivity index (χ2v) is 6.73. The number of rotatable bonds is 4. The highest BCUT2D eigenvalue weighted by molar-refractivity contribution is 6.35. The zero-order valence-electron chi connectivity index (χ0n) is 13.9. The van der Waals surface area contributed by atoms with Gasteiger partial charge in [-0.3, -0.25) is 5.01 Å². The second-order valence-electron chi connectivity index (χ2n) is 5.89. The van der Waals surface area contributed by atoms with Crippen LogP contribution in [0.3, 0.4) is 0 Å². The first kappa shape index (κ1) is 17.6. The predicted octanol–water partition coefficient (Wildman–Crippen LogP) is 5.39. The zero-order chi connectivity index (χ0) is 18.0. The van der Waals surface area contributed by atoms with Crippen molar-refractivity contribution >= 4 is 28.9 Å². The van der Waals surface area contributed by atoms with Crippen LogP contribution in [0.15, 0.2) is 47.6 Å². The van der Waals surface area contributed by atoms with Gasteiger partial charge < -0.3 is 4.74 Å². The number of halogens is 2. The highest BCUT2D eigenvalue weighted by Gasteiger charge is 2.34. The van der Waals surface area contributed by atoms with Crippen LogP contribution in [0.25, 0.3) is 0 Å². The first-order chi connectivity index (χ1) is 12.0. The molecule has 1 aliphatic heterocycles. The Hall–Kier alpha value is -2.22. The van der Waals surface area contributed by atoms with Crippen LogP contribution in [0.4, 0.5) is 0 Å². The van der Waals surface area contributed by atoms with Crippen molar-refractivity contribution in [1.82, 2.24) is 5.01 Å². The third-order valence-corrected chi connectivity index (χ3v) is 4.70. The van der Waals surface area contributed by atoms with Gasteiger partial charge in [-0.25, -0.2) is 0 Å². The van der Waals surface area contributed by atoms with Crippen molar-refractivity contribution in [2.75, 3.05) is 7.11 Å². The number of benzene rings is 2. The van der Waals surface area contributed by atoms with Crippen molar-refractivity contribution in [2.24, 2.45) is 5.10 Å². The Morgan fingerprint density at radius 1 is 1.28 bits per heavy atom. The summed E-state index contributed by atoms with van der Waals surface area (Å²) in [5.74, 6) is 0.448. The molecule has 25 heavy (non-hydrogen) atoms. The fourth-order valence-electron chi connectivity index (χ4n) is 3.13. The lowest BCUT2D eigenvalue weighted by Crippen LogP contribution is -2.24. The first-order valence-electron chi connectivity index (χ1n) is 7.85. The van der Waals surface area contributed by atoms with Crippen LogP contribution in [0.1, 0.15) is 36.6 Å². The van der Waals surface area contributed by atoms with Gasteiger partial charge >= 0.3 is 0 Å². The van der Waals surface area contributed by atoms with E-state index in [1.165, 1.54) is 7.11 Å². The average molecular weight is 374 g/mol. The van der Waals surface area contributed by atoms with E-state index in [2.05, 4.69) is 11.2 Å². The third kappa shape index (κ3) is 3.44. The summed E-state index contributed by atoms with van der Waals surface area (Å²) in [6.07, 6.45) is 0.763. The van der Waals surface area contributed by atoms with E-state index in [0.29, 0.717) is 21.4 Å². The zero-order valence-corrected chi connectivity index (χ0v) is 15.4. The number of hydrogen-bond donors (Lipinski definition) is 0. The Kier molecular flexibility index (Phi) is 5.17. The van der Waals surface area contributed by atoms with E-state index in [0.717, 1.165) is 17.7 Å². The van der Waals surface area contributed by atoms with Gasteiger partial charge in [0.15, 0.2) is 6.04 Å². The van der Waals surface area contributed by atoms with Gasteiger partial charge in [-0.05, 0) is 24.6 Å². The molecule has 0 aromatic heterocycles. The van der Waals surface area contributed by atoms with E-state index < -0.39 is 6.04 Å². The number of hydrazone groups is 1. The van der Waals surface area contributed by atoms with Gasteiger partial charge in [0.2, 0.25) is 0 Å². The quantitative estimate of drug-likeness (QED) is 0.721. The summed E-state index contributed by atoms with van der Waals surface area (Å²) in [6, 6.07) is 15.0. The molecule has 2 aromatic carbocycles. The standard InChI is InChI=1S/C19H17Cl2N3O/c1-12-8-17(13-6-4-3-5-7-13)24(23-12)18(11-22)15-9-14(20)10-16(21)19(15)25-2/h3-7,9-10,17-18H,8H2,1-2H3/t17-,18-/m1/s1. The minimum absolute atomic E-state index is 0.0201. The van der Waals surface area contributed by atoms with E-state index >= 15 is 0 Å². The molecule has 0 saturated heterocycles. The summed E-state index contributed by atoms with van der Waals surface area (Å²) in [5.41, 5.74) is 2.69. The van der Waals surface area contributed by atoms with Crippen molar-refractivity contribution in [3.8, 4) is 11.8 Å². The van der Waals surface area contributed by atoms with Crippen molar-refractivity contribution in [1.29, 1.82) is 5.26 Å². The molecule has 4 nitrogen and oxygen atoms in total. The molecule has 0 N–H and O–H groups in total. The van der Waals surface area contributed by atoms with E-state index in [4.69, 9.17) is 27.9 Å². The summed E-state index contributed by atoms with van der Waals surface area (Å²) in [6.45, 7) is 1.96. The van der Waals surface area contributed by atoms with Gasteiger partial charge in [0.05, 0.1) is 24.2 Å². The molecule has 3 rings (SSSR count). The summed E-state index contributed by atoms with van der Waals surface area (Å²) >= 11 is 12.4. The molecule has 6 heteroatoms. The molecule has 1 aliphatic rings. The molecule has 0 aliphatic carbocycles. The summed E-state index contributed by atoms with van der Waals surface area (Å²) < 4.78 is 5.42. The van der Waals surface area contributed by atoms with E-state index in [9.17, 15) is 5.26 Å². The predicted molar refractivity (Wildman–Crippen MR) is 100 cm³/mol. The smallest absolute Gasteiger partial charge is 0.163 e. The van der Waals surface area contributed by atoms with Crippen LogP contribution in [-0.4, -0.2) is 17.8 Å². The fourth-order valence-corrected chi connectivity index (χ4v) is 3.72. The maximum absolute atomic E-state index is 9.89. The lowest BCUT2D eigenvalue weighted by molar-refractivity contribution is 0.193. The van der Waals surface area contributed by atoms with Crippen molar-refractivity contribution in [2.45, 2.75) is 25.4 Å². The van der Waals surface area contributed by atoms with Crippen molar-refractivity contribution < 1.29 is 4.74 Å². The molecule has 0 spiro atoms. The van der Waals surface area contributed by atoms with Crippen molar-refractivity contribution in [3.05, 3.63) is 63.6 Å². The fraction of sp³-hybridized carbons (Fsp3) is 0.263. The molecule has 0 fully saturated rings. The summed E-state index contributed by atoms with van der Waals surface area (Å²) in [5, 5.41) is 17.2. The average Bonchev–Trinajstić information content (AvgIpc) is 2.98. The lowest BCUT2D eigenvalue weighted by Gasteiger charge is -2.29. The maximum atomic E-state index is 9.89. The molecule has 0 unspecified atom stereocenters. The number of hydrogen-bond acceptors (Lipinski definition) is 4. The molecule has 2 aromatic rings. The largest absolute Gasteiger partial charge is 0.495 e. The lowest BCUT2D eigenvalue weighted by atomic mass is 9.99. The SMILES string of the molecule is COc1c(Cl)cc(Cl)cc1[C@@H](C#N)N1N=C(C)C[C@@H]1c1ccccc1. The van der Waals surface area contributed by atoms with Gasteiger partial charge in [-0.15, -0.1) is 0 Å². The van der Waals surface area contributed by atoms with Crippen LogP contribution in [-0.2, 0) is 0 Å². The molecular formula is C19H17Cl2N3O. The molecule has 1 heterocycles. The molecule has 0 bridgehead atoms. The Morgan fingerprint density at radius 2 is 2.00 bits per heavy atom. The normalized spacial score (nSPS) is 17.8. The van der Waals surface area contributed by atoms with E-state index in [1.54, 1.807) is 12.1 Å². The number of ether oxygens (including phenoxy) is 1. The van der Waals surface area contributed by atoms with Gasteiger partial charge in [-0.1, -0.05) is 53.5 Å². The maximum Gasteiger partial charge on any atom is 0.163 e. The van der Waals surface area contributed by atoms with Gasteiger partial charge in [0, 0.05) is 22.7 Å². The second kappa shape index (κ2) is 7.35. The number of nitrogens with zero attached hydrogens (tertiary/aromatic N) is 3. The number of nitriles is 1. The topological polar surface area (TPSA) is 48.6 Å². The molecule has 128 valence electrons. The Balaban J connectivity index is 2.07. The summed E-state index contributed by atoms with van der Waals surface area (Å²) in [7, 11) is 1.53. The molecule has 0 amide bonds. The monoisotopic (exact) mass is 373 g/mol. The van der Waals surface area contributed by atoms with Gasteiger partial charge in [0.1, 0.15) is 5.75 Å². The molecular weight excluding hydrogens is 357 g/mol. The van der Waals surface area contributed by atoms with Gasteiger partial charge in [-0.2, -0.15) is 10.4 Å². The molecule has 0 saturated carbocycles. The third-order valence-electron chi connectivity index (χ3n) is 4.20. The van der Waals surface area contributed by atoms with Crippen LogP contribution in [0.2, 0.25) is 10.0 Å². The molecule has 2 atom stereocenters. The van der Waals surface area contributed by atoms with Crippen LogP contribution in [0.5, 0.6) is 5.75 Å². The highest BCUT2D eigenvalue weighted by Crippen LogP contribution is 2.43. The summed E-state index contributed by atoms with van der Waals surface area (Å²) in [4.78, 5) is 0. The van der Waals surface area contributed by atoms with Crippen LogP contribution < -0.4 is 4.74 Å². The van der Waals surface area contributed by atoms with Gasteiger partial charge in [0.25, 0.3) is 0 Å². The van der Waals surface area contributed by atoms with Crippen LogP contribution >= 0.6 is 23.2 Å².